The molecule has 0 fully saturated rings. The van der Waals surface area contributed by atoms with Crippen molar-refractivity contribution >= 4 is 16.8 Å². The van der Waals surface area contributed by atoms with Crippen molar-refractivity contribution in [3.8, 4) is 0 Å². The number of nitrogens with one attached hydrogen (secondary N) is 1. The molecule has 0 aliphatic carbocycles. The van der Waals surface area contributed by atoms with Gasteiger partial charge in [-0.3, -0.25) is 10.2 Å². The van der Waals surface area contributed by atoms with Gasteiger partial charge in [0.2, 0.25) is 0 Å². The standard InChI is InChI=1S/C16H17N3O2/c1-2-11-4-3-5-12-6-7-19(15(11)12)9-14-8-13(10-21-14)16(20)18-17/h3-8,10H,2,9,17H2,1H3,(H,18,20). The molecule has 108 valence electrons. The van der Waals surface area contributed by atoms with E-state index in [-0.39, 0.29) is 5.91 Å². The second-order valence-corrected chi connectivity index (χ2v) is 4.93. The van der Waals surface area contributed by atoms with Gasteiger partial charge in [0.1, 0.15) is 12.0 Å². The van der Waals surface area contributed by atoms with Crippen LogP contribution in [0, 0.1) is 0 Å². The Morgan fingerprint density at radius 1 is 1.38 bits per heavy atom. The van der Waals surface area contributed by atoms with Crippen LogP contribution in [-0.4, -0.2) is 10.5 Å². The number of carbonyl (C=O) groups excluding carboxylic acids is 1. The molecule has 3 N–H and O–H groups in total. The second kappa shape index (κ2) is 5.46. The molecule has 5 nitrogen and oxygen atoms in total. The van der Waals surface area contributed by atoms with Gasteiger partial charge >= 0.3 is 0 Å². The molecule has 5 heteroatoms. The number of carbonyl (C=O) groups is 1. The Morgan fingerprint density at radius 3 is 3.00 bits per heavy atom. The van der Waals surface area contributed by atoms with Crippen LogP contribution in [0.25, 0.3) is 10.9 Å². The van der Waals surface area contributed by atoms with Gasteiger partial charge < -0.3 is 8.98 Å². The van der Waals surface area contributed by atoms with Crippen molar-refractivity contribution in [2.24, 2.45) is 5.84 Å². The summed E-state index contributed by atoms with van der Waals surface area (Å²) in [4.78, 5) is 11.4. The number of fused-ring (bicyclic) bond motifs is 1. The summed E-state index contributed by atoms with van der Waals surface area (Å²) in [5, 5.41) is 1.21. The third-order valence-electron chi connectivity index (χ3n) is 3.63. The Morgan fingerprint density at radius 2 is 2.24 bits per heavy atom. The maximum atomic E-state index is 11.4. The van der Waals surface area contributed by atoms with Crippen LogP contribution in [0.5, 0.6) is 0 Å². The minimum atomic E-state index is -0.350. The van der Waals surface area contributed by atoms with Crippen molar-refractivity contribution < 1.29 is 9.21 Å². The minimum Gasteiger partial charge on any atom is -0.467 e. The molecule has 0 saturated heterocycles. The van der Waals surface area contributed by atoms with Crippen LogP contribution < -0.4 is 11.3 Å². The lowest BCUT2D eigenvalue weighted by Crippen LogP contribution is -2.29. The molecule has 1 aromatic carbocycles. The highest BCUT2D eigenvalue weighted by Crippen LogP contribution is 2.22. The number of rotatable bonds is 4. The average Bonchev–Trinajstić information content (AvgIpc) is 3.14. The van der Waals surface area contributed by atoms with Gasteiger partial charge in [-0.1, -0.05) is 25.1 Å². The van der Waals surface area contributed by atoms with E-state index in [1.807, 2.05) is 6.20 Å². The second-order valence-electron chi connectivity index (χ2n) is 4.93. The summed E-state index contributed by atoms with van der Waals surface area (Å²) in [6.45, 7) is 2.72. The fraction of sp³-hybridized carbons (Fsp3) is 0.188. The number of para-hydroxylation sites is 1. The van der Waals surface area contributed by atoms with E-state index in [1.165, 1.54) is 22.7 Å². The molecule has 0 aliphatic heterocycles. The Labute approximate surface area is 122 Å². The molecule has 2 aromatic heterocycles. The number of aryl methyl sites for hydroxylation is 1. The molecule has 21 heavy (non-hydrogen) atoms. The molecule has 0 aliphatic rings. The van der Waals surface area contributed by atoms with Crippen LogP contribution in [0.2, 0.25) is 0 Å². The van der Waals surface area contributed by atoms with Crippen LogP contribution >= 0.6 is 0 Å². The van der Waals surface area contributed by atoms with Crippen molar-refractivity contribution in [1.82, 2.24) is 9.99 Å². The highest BCUT2D eigenvalue weighted by Gasteiger charge is 2.11. The lowest BCUT2D eigenvalue weighted by atomic mass is 10.1. The number of nitrogens with zero attached hydrogens (tertiary/aromatic N) is 1. The quantitative estimate of drug-likeness (QED) is 0.439. The van der Waals surface area contributed by atoms with Crippen molar-refractivity contribution in [3.63, 3.8) is 0 Å². The zero-order chi connectivity index (χ0) is 14.8. The smallest absolute Gasteiger partial charge is 0.268 e. The number of hydrazine groups is 1. The van der Waals surface area contributed by atoms with Crippen molar-refractivity contribution in [3.05, 3.63) is 59.7 Å². The molecule has 0 unspecified atom stereocenters. The highest BCUT2D eigenvalue weighted by molar-refractivity contribution is 5.93. The van der Waals surface area contributed by atoms with E-state index in [4.69, 9.17) is 10.3 Å². The normalized spacial score (nSPS) is 11.0. The lowest BCUT2D eigenvalue weighted by molar-refractivity contribution is 0.0953. The fourth-order valence-electron chi connectivity index (χ4n) is 2.59. The summed E-state index contributed by atoms with van der Waals surface area (Å²) in [5.74, 6) is 5.48. The third-order valence-corrected chi connectivity index (χ3v) is 3.63. The number of nitrogen functional groups attached to an aromatic ring is 1. The van der Waals surface area contributed by atoms with E-state index in [2.05, 4.69) is 41.2 Å². The number of hydrogen-bond donors (Lipinski definition) is 2. The van der Waals surface area contributed by atoms with Crippen molar-refractivity contribution in [1.29, 1.82) is 0 Å². The first kappa shape index (κ1) is 13.5. The van der Waals surface area contributed by atoms with E-state index in [9.17, 15) is 4.79 Å². The zero-order valence-corrected chi connectivity index (χ0v) is 11.8. The maximum absolute atomic E-state index is 11.4. The number of hydrogen-bond acceptors (Lipinski definition) is 3. The van der Waals surface area contributed by atoms with Crippen LogP contribution in [-0.2, 0) is 13.0 Å². The van der Waals surface area contributed by atoms with Gasteiger partial charge in [0.25, 0.3) is 5.91 Å². The topological polar surface area (TPSA) is 73.2 Å². The van der Waals surface area contributed by atoms with Gasteiger partial charge in [-0.15, -0.1) is 0 Å². The summed E-state index contributed by atoms with van der Waals surface area (Å²) < 4.78 is 7.58. The summed E-state index contributed by atoms with van der Waals surface area (Å²) in [5.41, 5.74) is 5.03. The van der Waals surface area contributed by atoms with Crippen molar-refractivity contribution in [2.75, 3.05) is 0 Å². The van der Waals surface area contributed by atoms with E-state index in [1.54, 1.807) is 6.07 Å². The van der Waals surface area contributed by atoms with Crippen LogP contribution in [0.4, 0.5) is 0 Å². The number of benzene rings is 1. The van der Waals surface area contributed by atoms with Gasteiger partial charge in [0.05, 0.1) is 17.6 Å². The molecule has 3 rings (SSSR count). The lowest BCUT2D eigenvalue weighted by Gasteiger charge is -2.07. The number of amides is 1. The Balaban J connectivity index is 1.95. The molecule has 1 amide bonds. The molecule has 3 aromatic rings. The molecular formula is C16H17N3O2. The van der Waals surface area contributed by atoms with Gasteiger partial charge in [0.15, 0.2) is 0 Å². The molecule has 2 heterocycles. The van der Waals surface area contributed by atoms with E-state index >= 15 is 0 Å². The van der Waals surface area contributed by atoms with E-state index in [0.717, 1.165) is 12.2 Å². The maximum Gasteiger partial charge on any atom is 0.268 e. The van der Waals surface area contributed by atoms with E-state index < -0.39 is 0 Å². The van der Waals surface area contributed by atoms with Crippen LogP contribution in [0.3, 0.4) is 0 Å². The van der Waals surface area contributed by atoms with E-state index in [0.29, 0.717) is 12.1 Å². The summed E-state index contributed by atoms with van der Waals surface area (Å²) in [6.07, 6.45) is 4.43. The minimum absolute atomic E-state index is 0.350. The first-order chi connectivity index (χ1) is 10.2. The Hall–Kier alpha value is -2.53. The molecule has 0 spiro atoms. The van der Waals surface area contributed by atoms with Crippen LogP contribution in [0.15, 0.2) is 47.2 Å². The largest absolute Gasteiger partial charge is 0.467 e. The zero-order valence-electron chi connectivity index (χ0n) is 11.8. The fourth-order valence-corrected chi connectivity index (χ4v) is 2.59. The number of furan rings is 1. The molecule has 0 saturated carbocycles. The summed E-state index contributed by atoms with van der Waals surface area (Å²) in [7, 11) is 0. The molecule has 0 radical (unpaired) electrons. The van der Waals surface area contributed by atoms with Crippen molar-refractivity contribution in [2.45, 2.75) is 19.9 Å². The predicted molar refractivity (Wildman–Crippen MR) is 80.8 cm³/mol. The Kier molecular flexibility index (Phi) is 3.50. The number of nitrogens with two attached hydrogens (primary N) is 1. The molecular weight excluding hydrogens is 266 g/mol. The third kappa shape index (κ3) is 2.43. The van der Waals surface area contributed by atoms with Crippen LogP contribution in [0.1, 0.15) is 28.6 Å². The van der Waals surface area contributed by atoms with Gasteiger partial charge in [-0.25, -0.2) is 5.84 Å². The number of aromatic nitrogens is 1. The first-order valence-electron chi connectivity index (χ1n) is 6.88. The van der Waals surface area contributed by atoms with Gasteiger partial charge in [0, 0.05) is 6.20 Å². The molecule has 0 bridgehead atoms. The first-order valence-corrected chi connectivity index (χ1v) is 6.88. The average molecular weight is 283 g/mol. The SMILES string of the molecule is CCc1cccc2ccn(Cc3cc(C(=O)NN)co3)c12. The van der Waals surface area contributed by atoms with Gasteiger partial charge in [-0.2, -0.15) is 0 Å². The van der Waals surface area contributed by atoms with Gasteiger partial charge in [-0.05, 0) is 29.5 Å². The monoisotopic (exact) mass is 283 g/mol. The summed E-state index contributed by atoms with van der Waals surface area (Å²) in [6, 6.07) is 10.1. The predicted octanol–water partition coefficient (Wildman–Crippen LogP) is 2.45. The highest BCUT2D eigenvalue weighted by atomic mass is 16.3. The molecule has 0 atom stereocenters. The Bertz CT molecular complexity index is 786. The summed E-state index contributed by atoms with van der Waals surface area (Å²) >= 11 is 0.